The monoisotopic (exact) mass is 336 g/mol. The molecule has 0 saturated carbocycles. The second kappa shape index (κ2) is 6.84. The van der Waals surface area contributed by atoms with Crippen LogP contribution in [0.15, 0.2) is 46.8 Å². The van der Waals surface area contributed by atoms with Gasteiger partial charge in [-0.2, -0.15) is 0 Å². The third-order valence-corrected chi connectivity index (χ3v) is 4.16. The van der Waals surface area contributed by atoms with E-state index in [9.17, 15) is 9.90 Å². The van der Waals surface area contributed by atoms with Crippen molar-refractivity contribution < 1.29 is 9.90 Å². The van der Waals surface area contributed by atoms with Crippen molar-refractivity contribution in [1.82, 2.24) is 9.38 Å². The molecule has 0 atom stereocenters. The number of pyridine rings is 1. The quantitative estimate of drug-likeness (QED) is 0.694. The van der Waals surface area contributed by atoms with E-state index in [2.05, 4.69) is 22.1 Å². The summed E-state index contributed by atoms with van der Waals surface area (Å²) >= 11 is 0. The van der Waals surface area contributed by atoms with E-state index < -0.39 is 5.97 Å². The van der Waals surface area contributed by atoms with E-state index in [0.29, 0.717) is 17.2 Å². The van der Waals surface area contributed by atoms with Crippen LogP contribution in [0, 0.1) is 13.8 Å². The number of carboxylic acid groups (broad SMARTS) is 1. The van der Waals surface area contributed by atoms with Gasteiger partial charge in [0.2, 0.25) is 0 Å². The summed E-state index contributed by atoms with van der Waals surface area (Å²) in [4.78, 5) is 15.6. The normalized spacial score (nSPS) is 11.5. The molecule has 2 aromatic heterocycles. The van der Waals surface area contributed by atoms with Crippen molar-refractivity contribution in [2.75, 3.05) is 0 Å². The molecular formula is C19H20N4O2. The Balaban J connectivity index is 2.15. The molecule has 1 N–H and O–H groups in total. The SMILES string of the molecule is CCc1cccc(C)c1N=Nc1c(CC(=O)O)nc2c(C)cccn12. The molecule has 0 fully saturated rings. The second-order valence-corrected chi connectivity index (χ2v) is 5.97. The van der Waals surface area contributed by atoms with Gasteiger partial charge in [-0.05, 0) is 43.0 Å². The molecule has 6 nitrogen and oxygen atoms in total. The predicted molar refractivity (Wildman–Crippen MR) is 96.0 cm³/mol. The van der Waals surface area contributed by atoms with Gasteiger partial charge in [0.25, 0.3) is 0 Å². The first kappa shape index (κ1) is 16.8. The summed E-state index contributed by atoms with van der Waals surface area (Å²) in [6.07, 6.45) is 2.49. The van der Waals surface area contributed by atoms with Gasteiger partial charge in [0, 0.05) is 6.20 Å². The smallest absolute Gasteiger partial charge is 0.309 e. The first-order valence-electron chi connectivity index (χ1n) is 8.19. The number of aromatic nitrogens is 2. The number of carboxylic acids is 1. The number of hydrogen-bond donors (Lipinski definition) is 1. The van der Waals surface area contributed by atoms with Crippen molar-refractivity contribution >= 4 is 23.1 Å². The van der Waals surface area contributed by atoms with E-state index in [1.165, 1.54) is 0 Å². The molecule has 0 amide bonds. The van der Waals surface area contributed by atoms with Gasteiger partial charge in [0.1, 0.15) is 5.65 Å². The Kier molecular flexibility index (Phi) is 4.61. The first-order chi connectivity index (χ1) is 12.0. The maximum absolute atomic E-state index is 11.2. The average Bonchev–Trinajstić information content (AvgIpc) is 2.91. The van der Waals surface area contributed by atoms with E-state index in [0.717, 1.165) is 28.8 Å². The standard InChI is InChI=1S/C19H20N4O2/c1-4-14-9-5-7-12(2)17(14)21-22-19-15(11-16(24)25)20-18-13(3)8-6-10-23(18)19/h5-10H,4,11H2,1-3H3,(H,24,25). The van der Waals surface area contributed by atoms with Crippen molar-refractivity contribution in [1.29, 1.82) is 0 Å². The van der Waals surface area contributed by atoms with Gasteiger partial charge in [0.05, 0.1) is 17.8 Å². The fraction of sp³-hybridized carbons (Fsp3) is 0.263. The summed E-state index contributed by atoms with van der Waals surface area (Å²) < 4.78 is 1.79. The third-order valence-electron chi connectivity index (χ3n) is 4.16. The molecule has 0 aliphatic carbocycles. The fourth-order valence-corrected chi connectivity index (χ4v) is 2.85. The van der Waals surface area contributed by atoms with Crippen LogP contribution >= 0.6 is 0 Å². The number of fused-ring (bicyclic) bond motifs is 1. The molecule has 0 radical (unpaired) electrons. The lowest BCUT2D eigenvalue weighted by molar-refractivity contribution is -0.136. The molecule has 3 aromatic rings. The third kappa shape index (κ3) is 3.28. The van der Waals surface area contributed by atoms with E-state index in [1.807, 2.05) is 50.4 Å². The van der Waals surface area contributed by atoms with Gasteiger partial charge in [-0.15, -0.1) is 10.2 Å². The zero-order valence-corrected chi connectivity index (χ0v) is 14.5. The average molecular weight is 336 g/mol. The molecule has 1 aromatic carbocycles. The molecule has 2 heterocycles. The number of aliphatic carboxylic acids is 1. The molecule has 6 heteroatoms. The molecule has 0 spiro atoms. The Morgan fingerprint density at radius 2 is 1.92 bits per heavy atom. The van der Waals surface area contributed by atoms with Crippen molar-refractivity contribution in [2.24, 2.45) is 10.2 Å². The summed E-state index contributed by atoms with van der Waals surface area (Å²) in [7, 11) is 0. The van der Waals surface area contributed by atoms with Gasteiger partial charge in [-0.3, -0.25) is 9.20 Å². The van der Waals surface area contributed by atoms with Crippen LogP contribution in [0.3, 0.4) is 0 Å². The lowest BCUT2D eigenvalue weighted by Gasteiger charge is -2.05. The minimum absolute atomic E-state index is 0.191. The number of benzene rings is 1. The number of aryl methyl sites for hydroxylation is 3. The molecule has 0 saturated heterocycles. The van der Waals surface area contributed by atoms with E-state index >= 15 is 0 Å². The van der Waals surface area contributed by atoms with Crippen LogP contribution in [0.4, 0.5) is 11.5 Å². The zero-order chi connectivity index (χ0) is 18.0. The Labute approximate surface area is 145 Å². The highest BCUT2D eigenvalue weighted by molar-refractivity contribution is 5.72. The summed E-state index contributed by atoms with van der Waals surface area (Å²) in [5, 5.41) is 18.0. The van der Waals surface area contributed by atoms with Crippen molar-refractivity contribution in [3.63, 3.8) is 0 Å². The van der Waals surface area contributed by atoms with Crippen LogP contribution in [-0.4, -0.2) is 20.5 Å². The Bertz CT molecular complexity index is 973. The predicted octanol–water partition coefficient (Wildman–Crippen LogP) is 4.56. The van der Waals surface area contributed by atoms with Crippen LogP contribution < -0.4 is 0 Å². The number of azo groups is 1. The van der Waals surface area contributed by atoms with E-state index in [-0.39, 0.29) is 6.42 Å². The summed E-state index contributed by atoms with van der Waals surface area (Å²) in [5.41, 5.74) is 5.04. The molecule has 0 bridgehead atoms. The number of imidazole rings is 1. The molecule has 0 unspecified atom stereocenters. The molecular weight excluding hydrogens is 316 g/mol. The molecule has 3 rings (SSSR count). The van der Waals surface area contributed by atoms with Crippen LogP contribution in [0.25, 0.3) is 5.65 Å². The molecule has 0 aliphatic rings. The Morgan fingerprint density at radius 3 is 2.64 bits per heavy atom. The first-order valence-corrected chi connectivity index (χ1v) is 8.19. The minimum Gasteiger partial charge on any atom is -0.481 e. The zero-order valence-electron chi connectivity index (χ0n) is 14.5. The van der Waals surface area contributed by atoms with E-state index in [1.54, 1.807) is 4.40 Å². The van der Waals surface area contributed by atoms with E-state index in [4.69, 9.17) is 0 Å². The fourth-order valence-electron chi connectivity index (χ4n) is 2.85. The molecule has 25 heavy (non-hydrogen) atoms. The largest absolute Gasteiger partial charge is 0.481 e. The summed E-state index contributed by atoms with van der Waals surface area (Å²) in [6.45, 7) is 6.00. The summed E-state index contributed by atoms with van der Waals surface area (Å²) in [6, 6.07) is 9.84. The Hall–Kier alpha value is -3.02. The summed E-state index contributed by atoms with van der Waals surface area (Å²) in [5.74, 6) is -0.478. The number of rotatable bonds is 5. The topological polar surface area (TPSA) is 79.3 Å². The van der Waals surface area contributed by atoms with Crippen molar-refractivity contribution in [2.45, 2.75) is 33.6 Å². The van der Waals surface area contributed by atoms with Crippen molar-refractivity contribution in [3.05, 3.63) is 58.9 Å². The van der Waals surface area contributed by atoms with Gasteiger partial charge >= 0.3 is 5.97 Å². The van der Waals surface area contributed by atoms with Gasteiger partial charge in [0.15, 0.2) is 5.82 Å². The van der Waals surface area contributed by atoms with Crippen LogP contribution in [0.1, 0.15) is 29.3 Å². The highest BCUT2D eigenvalue weighted by Crippen LogP contribution is 2.29. The molecule has 0 aliphatic heterocycles. The highest BCUT2D eigenvalue weighted by atomic mass is 16.4. The number of nitrogens with zero attached hydrogens (tertiary/aromatic N) is 4. The Morgan fingerprint density at radius 1 is 1.16 bits per heavy atom. The van der Waals surface area contributed by atoms with Crippen LogP contribution in [-0.2, 0) is 17.6 Å². The van der Waals surface area contributed by atoms with Crippen molar-refractivity contribution in [3.8, 4) is 0 Å². The van der Waals surface area contributed by atoms with Gasteiger partial charge in [-0.1, -0.05) is 31.2 Å². The lowest BCUT2D eigenvalue weighted by atomic mass is 10.1. The highest BCUT2D eigenvalue weighted by Gasteiger charge is 2.16. The maximum atomic E-state index is 11.2. The number of hydrogen-bond acceptors (Lipinski definition) is 4. The lowest BCUT2D eigenvalue weighted by Crippen LogP contribution is -2.00. The van der Waals surface area contributed by atoms with Gasteiger partial charge < -0.3 is 5.11 Å². The van der Waals surface area contributed by atoms with Crippen LogP contribution in [0.5, 0.6) is 0 Å². The van der Waals surface area contributed by atoms with Gasteiger partial charge in [-0.25, -0.2) is 4.98 Å². The molecule has 128 valence electrons. The minimum atomic E-state index is -0.942. The maximum Gasteiger partial charge on any atom is 0.309 e. The second-order valence-electron chi connectivity index (χ2n) is 5.97. The van der Waals surface area contributed by atoms with Crippen LogP contribution in [0.2, 0.25) is 0 Å². The number of carbonyl (C=O) groups is 1.